The zero-order valence-corrected chi connectivity index (χ0v) is 20.6. The molecule has 1 heterocycles. The molecule has 3 aliphatic carbocycles. The first kappa shape index (κ1) is 23.3. The Morgan fingerprint density at radius 1 is 1.16 bits per heavy atom. The standard InChI is InChI=1S/C27H44O4/c1-7-18-22-15-31-17(3)14-27(22,5)21-12-13-26(4)19(16(2)8-11-23(28)30-6)9-10-20(26)24(21)25(18)29/h16-22,24H,7-15H2,1-6H3/t16-,17+,18-,19-,20?,21?,22+,24?,26-,27-/m1/s1. The highest BCUT2D eigenvalue weighted by Crippen LogP contribution is 2.68. The maximum absolute atomic E-state index is 14.0. The summed E-state index contributed by atoms with van der Waals surface area (Å²) in [4.78, 5) is 25.7. The molecule has 0 N–H and O–H groups in total. The first-order chi connectivity index (χ1) is 14.7. The number of hydrogen-bond acceptors (Lipinski definition) is 4. The van der Waals surface area contributed by atoms with E-state index in [1.807, 2.05) is 0 Å². The summed E-state index contributed by atoms with van der Waals surface area (Å²) in [5.74, 6) is 3.37. The first-order valence-corrected chi connectivity index (χ1v) is 12.9. The molecule has 4 nitrogen and oxygen atoms in total. The van der Waals surface area contributed by atoms with E-state index in [1.165, 1.54) is 32.8 Å². The summed E-state index contributed by atoms with van der Waals surface area (Å²) in [5, 5.41) is 0. The third-order valence-electron chi connectivity index (χ3n) is 10.7. The average molecular weight is 433 g/mol. The van der Waals surface area contributed by atoms with Crippen molar-refractivity contribution in [3.63, 3.8) is 0 Å². The summed E-state index contributed by atoms with van der Waals surface area (Å²) in [7, 11) is 1.48. The molecule has 0 aromatic rings. The minimum atomic E-state index is -0.101. The molecule has 31 heavy (non-hydrogen) atoms. The van der Waals surface area contributed by atoms with Crippen LogP contribution in [-0.2, 0) is 19.1 Å². The SMILES string of the molecule is CC[C@H]1C(=O)C2C3CC[C@H]([C@H](C)CCC(=O)OC)[C@@]3(C)CCC2[C@@]2(C)C[C@H](C)OC[C@@H]12. The topological polar surface area (TPSA) is 52.6 Å². The van der Waals surface area contributed by atoms with Crippen LogP contribution < -0.4 is 0 Å². The van der Waals surface area contributed by atoms with E-state index >= 15 is 0 Å². The lowest BCUT2D eigenvalue weighted by Crippen LogP contribution is -2.62. The fourth-order valence-corrected chi connectivity index (χ4v) is 9.12. The third kappa shape index (κ3) is 3.60. The van der Waals surface area contributed by atoms with Crippen LogP contribution in [0.3, 0.4) is 0 Å². The Bertz CT molecular complexity index is 703. The molecule has 4 fully saturated rings. The Hall–Kier alpha value is -0.900. The summed E-state index contributed by atoms with van der Waals surface area (Å²) in [6.45, 7) is 12.5. The lowest BCUT2D eigenvalue weighted by atomic mass is 9.43. The van der Waals surface area contributed by atoms with Gasteiger partial charge in [-0.15, -0.1) is 0 Å². The van der Waals surface area contributed by atoms with Crippen LogP contribution in [0, 0.1) is 52.3 Å². The van der Waals surface area contributed by atoms with Crippen LogP contribution in [0.5, 0.6) is 0 Å². The van der Waals surface area contributed by atoms with Crippen molar-refractivity contribution in [2.75, 3.05) is 13.7 Å². The molecule has 0 radical (unpaired) electrons. The number of fused-ring (bicyclic) bond motifs is 5. The van der Waals surface area contributed by atoms with Crippen LogP contribution in [0.4, 0.5) is 0 Å². The van der Waals surface area contributed by atoms with Crippen molar-refractivity contribution in [3.8, 4) is 0 Å². The van der Waals surface area contributed by atoms with Crippen LogP contribution in [0.25, 0.3) is 0 Å². The van der Waals surface area contributed by atoms with Gasteiger partial charge in [-0.2, -0.15) is 0 Å². The van der Waals surface area contributed by atoms with E-state index in [1.54, 1.807) is 0 Å². The smallest absolute Gasteiger partial charge is 0.305 e. The first-order valence-electron chi connectivity index (χ1n) is 12.9. The lowest BCUT2D eigenvalue weighted by Gasteiger charge is -2.62. The van der Waals surface area contributed by atoms with Gasteiger partial charge in [0.2, 0.25) is 0 Å². The average Bonchev–Trinajstić information content (AvgIpc) is 3.09. The fourth-order valence-electron chi connectivity index (χ4n) is 9.12. The van der Waals surface area contributed by atoms with Crippen molar-refractivity contribution in [1.82, 2.24) is 0 Å². The summed E-state index contributed by atoms with van der Waals surface area (Å²) in [6.07, 6.45) is 8.55. The molecule has 1 aliphatic heterocycles. The second-order valence-electron chi connectivity index (χ2n) is 11.9. The quantitative estimate of drug-likeness (QED) is 0.525. The van der Waals surface area contributed by atoms with Gasteiger partial charge in [0.05, 0.1) is 19.8 Å². The molecule has 0 bridgehead atoms. The Morgan fingerprint density at radius 2 is 1.87 bits per heavy atom. The maximum Gasteiger partial charge on any atom is 0.305 e. The van der Waals surface area contributed by atoms with Crippen molar-refractivity contribution in [2.24, 2.45) is 52.3 Å². The van der Waals surface area contributed by atoms with Crippen molar-refractivity contribution in [1.29, 1.82) is 0 Å². The minimum Gasteiger partial charge on any atom is -0.469 e. The predicted molar refractivity (Wildman–Crippen MR) is 121 cm³/mol. The van der Waals surface area contributed by atoms with Crippen molar-refractivity contribution in [3.05, 3.63) is 0 Å². The highest BCUT2D eigenvalue weighted by Gasteiger charge is 2.65. The van der Waals surface area contributed by atoms with Gasteiger partial charge in [-0.25, -0.2) is 0 Å². The van der Waals surface area contributed by atoms with Crippen LogP contribution in [-0.4, -0.2) is 31.6 Å². The molecule has 4 heteroatoms. The molecule has 4 rings (SSSR count). The van der Waals surface area contributed by atoms with E-state index in [0.29, 0.717) is 47.9 Å². The highest BCUT2D eigenvalue weighted by molar-refractivity contribution is 5.86. The van der Waals surface area contributed by atoms with Gasteiger partial charge in [0.1, 0.15) is 5.78 Å². The molecule has 0 spiro atoms. The molecule has 1 saturated heterocycles. The number of hydrogen-bond donors (Lipinski definition) is 0. The molecule has 176 valence electrons. The molecule has 0 amide bonds. The lowest BCUT2D eigenvalue weighted by molar-refractivity contribution is -0.192. The van der Waals surface area contributed by atoms with E-state index in [4.69, 9.17) is 9.47 Å². The van der Waals surface area contributed by atoms with Crippen LogP contribution in [0.15, 0.2) is 0 Å². The normalized spacial score (nSPS) is 47.8. The van der Waals surface area contributed by atoms with E-state index in [-0.39, 0.29) is 28.6 Å². The number of rotatable bonds is 5. The zero-order chi connectivity index (χ0) is 22.6. The van der Waals surface area contributed by atoms with Gasteiger partial charge in [-0.05, 0) is 92.3 Å². The summed E-state index contributed by atoms with van der Waals surface area (Å²) in [6, 6.07) is 0. The molecule has 3 unspecified atom stereocenters. The number of carbonyl (C=O) groups is 2. The number of ether oxygens (including phenoxy) is 2. The van der Waals surface area contributed by atoms with Gasteiger partial charge in [-0.1, -0.05) is 27.7 Å². The van der Waals surface area contributed by atoms with Gasteiger partial charge in [-0.3, -0.25) is 9.59 Å². The van der Waals surface area contributed by atoms with Crippen LogP contribution in [0.1, 0.15) is 86.0 Å². The molecule has 10 atom stereocenters. The van der Waals surface area contributed by atoms with E-state index < -0.39 is 0 Å². The van der Waals surface area contributed by atoms with Crippen LogP contribution >= 0.6 is 0 Å². The largest absolute Gasteiger partial charge is 0.469 e. The molecular weight excluding hydrogens is 388 g/mol. The fraction of sp³-hybridized carbons (Fsp3) is 0.926. The van der Waals surface area contributed by atoms with Crippen LogP contribution in [0.2, 0.25) is 0 Å². The zero-order valence-electron chi connectivity index (χ0n) is 20.6. The Balaban J connectivity index is 1.60. The number of ketones is 1. The molecule has 0 aromatic heterocycles. The van der Waals surface area contributed by atoms with E-state index in [9.17, 15) is 9.59 Å². The van der Waals surface area contributed by atoms with Gasteiger partial charge >= 0.3 is 5.97 Å². The number of Topliss-reactive ketones (excluding diaryl/α,β-unsaturated/α-hetero) is 1. The second-order valence-corrected chi connectivity index (χ2v) is 11.9. The predicted octanol–water partition coefficient (Wildman–Crippen LogP) is 5.67. The third-order valence-corrected chi connectivity index (χ3v) is 10.7. The number of carbonyl (C=O) groups excluding carboxylic acids is 2. The maximum atomic E-state index is 14.0. The Kier molecular flexibility index (Phi) is 6.35. The van der Waals surface area contributed by atoms with Gasteiger partial charge in [0, 0.05) is 18.3 Å². The summed E-state index contributed by atoms with van der Waals surface area (Å²) in [5.41, 5.74) is 0.456. The number of methoxy groups -OCH3 is 1. The van der Waals surface area contributed by atoms with Crippen molar-refractivity contribution in [2.45, 2.75) is 92.1 Å². The Morgan fingerprint density at radius 3 is 2.55 bits per heavy atom. The number of esters is 1. The van der Waals surface area contributed by atoms with E-state index in [2.05, 4.69) is 34.6 Å². The van der Waals surface area contributed by atoms with Gasteiger partial charge in [0.25, 0.3) is 0 Å². The second kappa shape index (κ2) is 8.47. The van der Waals surface area contributed by atoms with Gasteiger partial charge < -0.3 is 9.47 Å². The summed E-state index contributed by atoms with van der Waals surface area (Å²) >= 11 is 0. The molecule has 0 aromatic carbocycles. The van der Waals surface area contributed by atoms with Crippen molar-refractivity contribution < 1.29 is 19.1 Å². The minimum absolute atomic E-state index is 0.101. The van der Waals surface area contributed by atoms with Gasteiger partial charge in [0.15, 0.2) is 0 Å². The summed E-state index contributed by atoms with van der Waals surface area (Å²) < 4.78 is 11.0. The molecule has 3 saturated carbocycles. The van der Waals surface area contributed by atoms with Crippen molar-refractivity contribution >= 4 is 11.8 Å². The monoisotopic (exact) mass is 432 g/mol. The Labute approximate surface area is 189 Å². The molecule has 4 aliphatic rings. The van der Waals surface area contributed by atoms with E-state index in [0.717, 1.165) is 25.9 Å². The molecular formula is C27H44O4. The highest BCUT2D eigenvalue weighted by atomic mass is 16.5.